The molecule has 0 fully saturated rings. The van der Waals surface area contributed by atoms with E-state index in [1.807, 2.05) is 63.4 Å². The molecular weight excluding hydrogens is 460 g/mol. The van der Waals surface area contributed by atoms with Crippen LogP contribution >= 0.6 is 22.9 Å². The molecule has 1 unspecified atom stereocenters. The zero-order chi connectivity index (χ0) is 24.1. The van der Waals surface area contributed by atoms with E-state index in [-0.39, 0.29) is 11.6 Å². The molecule has 33 heavy (non-hydrogen) atoms. The second kappa shape index (κ2) is 8.39. The number of carboxylic acid groups (broad SMARTS) is 1. The van der Waals surface area contributed by atoms with Crippen molar-refractivity contribution >= 4 is 50.0 Å². The number of halogens is 1. The first-order valence-electron chi connectivity index (χ1n) is 10.5. The Bertz CT molecular complexity index is 1420. The number of rotatable bonds is 4. The standard InChI is InChI=1S/C25H25ClN2O4S/c1-13(28(24(30)31)25(2,3)4)14-6-8-15(9-7-14)19-18(32-5)12-17(26)21-20(19)16-10-11-33-22(16)23(29)27-21/h6-13H,1-5H3,(H,27,29)(H,30,31). The predicted octanol–water partition coefficient (Wildman–Crippen LogP) is 6.91. The highest BCUT2D eigenvalue weighted by molar-refractivity contribution is 7.17. The van der Waals surface area contributed by atoms with Crippen molar-refractivity contribution in [2.75, 3.05) is 7.11 Å². The number of hydrogen-bond donors (Lipinski definition) is 2. The molecular formula is C25H25ClN2O4S. The minimum Gasteiger partial charge on any atom is -0.496 e. The number of methoxy groups -OCH3 is 1. The number of amides is 1. The molecule has 8 heteroatoms. The van der Waals surface area contributed by atoms with Crippen LogP contribution in [-0.4, -0.2) is 33.7 Å². The van der Waals surface area contributed by atoms with Crippen LogP contribution in [0.2, 0.25) is 5.02 Å². The molecule has 0 aliphatic carbocycles. The summed E-state index contributed by atoms with van der Waals surface area (Å²) < 4.78 is 6.30. The number of H-pyrrole nitrogens is 1. The van der Waals surface area contributed by atoms with Crippen molar-refractivity contribution in [1.82, 2.24) is 9.88 Å². The Labute approximate surface area is 200 Å². The summed E-state index contributed by atoms with van der Waals surface area (Å²) in [5.74, 6) is 0.592. The number of aromatic amines is 1. The molecule has 1 amide bonds. The number of carbonyl (C=O) groups is 1. The maximum Gasteiger partial charge on any atom is 0.408 e. The molecule has 2 aromatic heterocycles. The van der Waals surface area contributed by atoms with Gasteiger partial charge in [-0.15, -0.1) is 11.3 Å². The van der Waals surface area contributed by atoms with E-state index in [4.69, 9.17) is 16.3 Å². The van der Waals surface area contributed by atoms with E-state index in [1.54, 1.807) is 13.2 Å². The molecule has 0 aliphatic rings. The average Bonchev–Trinajstić information content (AvgIpc) is 3.24. The topological polar surface area (TPSA) is 82.6 Å². The van der Waals surface area contributed by atoms with Crippen molar-refractivity contribution in [3.8, 4) is 16.9 Å². The number of nitrogens with one attached hydrogen (secondary N) is 1. The van der Waals surface area contributed by atoms with Crippen molar-refractivity contribution in [1.29, 1.82) is 0 Å². The van der Waals surface area contributed by atoms with Gasteiger partial charge in [0, 0.05) is 27.9 Å². The Balaban J connectivity index is 1.91. The SMILES string of the molecule is COc1cc(Cl)c2[nH]c(=O)c3sccc3c2c1-c1ccc(C(C)N(C(=O)O)C(C)(C)C)cc1. The van der Waals surface area contributed by atoms with E-state index >= 15 is 0 Å². The molecule has 4 rings (SSSR count). The Morgan fingerprint density at radius 3 is 2.45 bits per heavy atom. The van der Waals surface area contributed by atoms with Crippen molar-refractivity contribution in [2.24, 2.45) is 0 Å². The van der Waals surface area contributed by atoms with Gasteiger partial charge in [-0.3, -0.25) is 9.69 Å². The van der Waals surface area contributed by atoms with Gasteiger partial charge in [-0.05, 0) is 50.3 Å². The van der Waals surface area contributed by atoms with Crippen LogP contribution in [0.5, 0.6) is 5.75 Å². The van der Waals surface area contributed by atoms with Crippen LogP contribution in [0.15, 0.2) is 46.6 Å². The minimum atomic E-state index is -0.965. The number of hydrogen-bond acceptors (Lipinski definition) is 4. The van der Waals surface area contributed by atoms with Crippen molar-refractivity contribution in [3.05, 3.63) is 62.7 Å². The lowest BCUT2D eigenvalue weighted by molar-refractivity contribution is 0.0753. The average molecular weight is 485 g/mol. The first-order chi connectivity index (χ1) is 15.5. The second-order valence-corrected chi connectivity index (χ2v) is 10.2. The van der Waals surface area contributed by atoms with Gasteiger partial charge in [0.2, 0.25) is 0 Å². The normalized spacial score (nSPS) is 12.8. The van der Waals surface area contributed by atoms with E-state index < -0.39 is 11.6 Å². The number of thiophene rings is 1. The summed E-state index contributed by atoms with van der Waals surface area (Å²) in [7, 11) is 1.59. The van der Waals surface area contributed by atoms with E-state index in [0.29, 0.717) is 21.0 Å². The van der Waals surface area contributed by atoms with Crippen LogP contribution in [0.25, 0.3) is 32.1 Å². The van der Waals surface area contributed by atoms with Crippen LogP contribution in [0, 0.1) is 0 Å². The quantitative estimate of drug-likeness (QED) is 0.329. The molecule has 2 N–H and O–H groups in total. The lowest BCUT2D eigenvalue weighted by Gasteiger charge is -2.38. The minimum absolute atomic E-state index is 0.175. The molecule has 1 atom stereocenters. The summed E-state index contributed by atoms with van der Waals surface area (Å²) in [6, 6.07) is 11.0. The third kappa shape index (κ3) is 3.96. The summed E-state index contributed by atoms with van der Waals surface area (Å²) in [5, 5.41) is 13.7. The molecule has 6 nitrogen and oxygen atoms in total. The van der Waals surface area contributed by atoms with Gasteiger partial charge < -0.3 is 14.8 Å². The maximum absolute atomic E-state index is 12.5. The highest BCUT2D eigenvalue weighted by Gasteiger charge is 2.31. The van der Waals surface area contributed by atoms with Crippen LogP contribution in [-0.2, 0) is 0 Å². The van der Waals surface area contributed by atoms with Gasteiger partial charge in [-0.2, -0.15) is 0 Å². The Morgan fingerprint density at radius 1 is 1.21 bits per heavy atom. The molecule has 0 aliphatic heterocycles. The van der Waals surface area contributed by atoms with E-state index in [9.17, 15) is 14.7 Å². The fourth-order valence-electron chi connectivity index (χ4n) is 4.43. The van der Waals surface area contributed by atoms with Gasteiger partial charge in [0.1, 0.15) is 10.4 Å². The Morgan fingerprint density at radius 2 is 1.88 bits per heavy atom. The summed E-state index contributed by atoms with van der Waals surface area (Å²) in [6.07, 6.45) is -0.965. The van der Waals surface area contributed by atoms with Gasteiger partial charge in [-0.1, -0.05) is 35.9 Å². The second-order valence-electron chi connectivity index (χ2n) is 8.92. The van der Waals surface area contributed by atoms with Crippen LogP contribution in [0.4, 0.5) is 4.79 Å². The van der Waals surface area contributed by atoms with E-state index in [2.05, 4.69) is 4.98 Å². The Kier molecular flexibility index (Phi) is 5.88. The van der Waals surface area contributed by atoms with Crippen molar-refractivity contribution in [3.63, 3.8) is 0 Å². The highest BCUT2D eigenvalue weighted by atomic mass is 35.5. The third-order valence-corrected chi connectivity index (χ3v) is 7.05. The number of nitrogens with zero attached hydrogens (tertiary/aromatic N) is 1. The number of pyridine rings is 1. The lowest BCUT2D eigenvalue weighted by atomic mass is 9.94. The van der Waals surface area contributed by atoms with Crippen molar-refractivity contribution in [2.45, 2.75) is 39.3 Å². The van der Waals surface area contributed by atoms with E-state index in [0.717, 1.165) is 27.5 Å². The molecule has 4 aromatic rings. The van der Waals surface area contributed by atoms with Gasteiger partial charge in [0.25, 0.3) is 5.56 Å². The molecule has 0 saturated carbocycles. The molecule has 172 valence electrons. The molecule has 0 saturated heterocycles. The molecule has 2 heterocycles. The fraction of sp³-hybridized carbons (Fsp3) is 0.280. The molecule has 2 aromatic carbocycles. The lowest BCUT2D eigenvalue weighted by Crippen LogP contribution is -2.46. The Hall–Kier alpha value is -3.03. The van der Waals surface area contributed by atoms with E-state index in [1.165, 1.54) is 16.2 Å². The number of ether oxygens (including phenoxy) is 1. The zero-order valence-corrected chi connectivity index (χ0v) is 20.6. The largest absolute Gasteiger partial charge is 0.496 e. The van der Waals surface area contributed by atoms with Gasteiger partial charge >= 0.3 is 6.09 Å². The number of benzene rings is 2. The van der Waals surface area contributed by atoms with Crippen LogP contribution < -0.4 is 10.3 Å². The smallest absolute Gasteiger partial charge is 0.408 e. The third-order valence-electron chi connectivity index (χ3n) is 5.84. The number of aromatic nitrogens is 1. The molecule has 0 bridgehead atoms. The first kappa shape index (κ1) is 23.1. The highest BCUT2D eigenvalue weighted by Crippen LogP contribution is 2.43. The summed E-state index contributed by atoms with van der Waals surface area (Å²) in [6.45, 7) is 7.52. The van der Waals surface area contributed by atoms with Crippen LogP contribution in [0.1, 0.15) is 39.3 Å². The van der Waals surface area contributed by atoms with Gasteiger partial charge in [-0.25, -0.2) is 4.79 Å². The fourth-order valence-corrected chi connectivity index (χ4v) is 5.47. The zero-order valence-electron chi connectivity index (χ0n) is 19.0. The predicted molar refractivity (Wildman–Crippen MR) is 135 cm³/mol. The first-order valence-corrected chi connectivity index (χ1v) is 11.7. The van der Waals surface area contributed by atoms with Gasteiger partial charge in [0.05, 0.1) is 23.7 Å². The van der Waals surface area contributed by atoms with Crippen LogP contribution in [0.3, 0.4) is 0 Å². The van der Waals surface area contributed by atoms with Gasteiger partial charge in [0.15, 0.2) is 0 Å². The summed E-state index contributed by atoms with van der Waals surface area (Å²) >= 11 is 7.88. The molecule has 0 radical (unpaired) electrons. The summed E-state index contributed by atoms with van der Waals surface area (Å²) in [4.78, 5) is 28.8. The summed E-state index contributed by atoms with van der Waals surface area (Å²) in [5.41, 5.74) is 2.41. The maximum atomic E-state index is 12.5. The monoisotopic (exact) mass is 484 g/mol. The van der Waals surface area contributed by atoms with Crippen molar-refractivity contribution < 1.29 is 14.6 Å². The number of fused-ring (bicyclic) bond motifs is 3. The molecule has 0 spiro atoms.